The largest absolute Gasteiger partial charge is 0.298 e. The molecule has 0 aromatic carbocycles. The van der Waals surface area contributed by atoms with E-state index < -0.39 is 0 Å². The zero-order valence-electron chi connectivity index (χ0n) is 6.28. The second-order valence-corrected chi connectivity index (χ2v) is 2.82. The average Bonchev–Trinajstić information content (AvgIpc) is 2.52. The zero-order valence-corrected chi connectivity index (χ0v) is 7.10. The third kappa shape index (κ3) is 2.27. The maximum atomic E-state index is 10.4. The number of carbonyl (C=O) groups is 1. The van der Waals surface area contributed by atoms with Crippen LogP contribution in [0.5, 0.6) is 0 Å². The van der Waals surface area contributed by atoms with Gasteiger partial charge in [0, 0.05) is 5.38 Å². The van der Waals surface area contributed by atoms with Crippen molar-refractivity contribution in [2.24, 2.45) is 0 Å². The first-order chi connectivity index (χ1) is 5.36. The van der Waals surface area contributed by atoms with Gasteiger partial charge >= 0.3 is 0 Å². The van der Waals surface area contributed by atoms with Gasteiger partial charge < -0.3 is 0 Å². The first kappa shape index (κ1) is 8.14. The lowest BCUT2D eigenvalue weighted by Crippen LogP contribution is -1.81. The fourth-order valence-electron chi connectivity index (χ4n) is 0.703. The lowest BCUT2D eigenvalue weighted by Gasteiger charge is -1.89. The smallest absolute Gasteiger partial charge is 0.146 e. The van der Waals surface area contributed by atoms with Gasteiger partial charge in [-0.3, -0.25) is 4.79 Å². The summed E-state index contributed by atoms with van der Waals surface area (Å²) in [5, 5.41) is 1.92. The van der Waals surface area contributed by atoms with Gasteiger partial charge in [-0.1, -0.05) is 6.92 Å². The van der Waals surface area contributed by atoms with E-state index in [0.717, 1.165) is 24.0 Å². The number of nitrogens with zero attached hydrogens (tertiary/aromatic N) is 1. The molecule has 0 aliphatic rings. The molecule has 0 spiro atoms. The molecule has 1 aromatic rings. The lowest BCUT2D eigenvalue weighted by atomic mass is 10.2. The highest BCUT2D eigenvalue weighted by atomic mass is 32.1. The first-order valence-electron chi connectivity index (χ1n) is 3.40. The van der Waals surface area contributed by atoms with Crippen LogP contribution in [0, 0.1) is 0 Å². The quantitative estimate of drug-likeness (QED) is 0.510. The molecule has 1 aromatic heterocycles. The number of aldehydes is 1. The fraction of sp³-hybridized carbons (Fsp3) is 0.250. The van der Waals surface area contributed by atoms with Crippen LogP contribution in [0.4, 0.5) is 0 Å². The molecular weight excluding hydrogens is 158 g/mol. The van der Waals surface area contributed by atoms with Gasteiger partial charge in [0.15, 0.2) is 0 Å². The SMILES string of the molecule is CCC(C=O)=Cc1cscn1. The van der Waals surface area contributed by atoms with Crippen molar-refractivity contribution in [1.29, 1.82) is 0 Å². The molecule has 3 heteroatoms. The molecular formula is C8H9NOS. The normalized spacial score (nSPS) is 11.5. The van der Waals surface area contributed by atoms with Gasteiger partial charge in [-0.25, -0.2) is 4.98 Å². The molecule has 0 fully saturated rings. The molecule has 0 unspecified atom stereocenters. The summed E-state index contributed by atoms with van der Waals surface area (Å²) in [5.41, 5.74) is 3.42. The Hall–Kier alpha value is -0.960. The molecule has 1 rings (SSSR count). The van der Waals surface area contributed by atoms with Crippen molar-refractivity contribution in [2.75, 3.05) is 0 Å². The number of thiazole rings is 1. The van der Waals surface area contributed by atoms with E-state index in [9.17, 15) is 4.79 Å². The zero-order chi connectivity index (χ0) is 8.10. The molecule has 0 N–H and O–H groups in total. The number of allylic oxidation sites excluding steroid dienone is 1. The van der Waals surface area contributed by atoms with Crippen molar-refractivity contribution in [3.8, 4) is 0 Å². The van der Waals surface area contributed by atoms with Gasteiger partial charge in [0.1, 0.15) is 6.29 Å². The summed E-state index contributed by atoms with van der Waals surface area (Å²) in [6.07, 6.45) is 3.45. The van der Waals surface area contributed by atoms with Crippen molar-refractivity contribution >= 4 is 23.7 Å². The second kappa shape index (κ2) is 4.03. The van der Waals surface area contributed by atoms with E-state index in [0.29, 0.717) is 0 Å². The molecule has 11 heavy (non-hydrogen) atoms. The number of rotatable bonds is 3. The lowest BCUT2D eigenvalue weighted by molar-refractivity contribution is -0.104. The van der Waals surface area contributed by atoms with Gasteiger partial charge in [0.2, 0.25) is 0 Å². The van der Waals surface area contributed by atoms with E-state index in [1.165, 1.54) is 11.3 Å². The summed E-state index contributed by atoms with van der Waals surface area (Å²) in [6, 6.07) is 0. The van der Waals surface area contributed by atoms with E-state index in [4.69, 9.17) is 0 Å². The molecule has 0 atom stereocenters. The van der Waals surface area contributed by atoms with Crippen LogP contribution in [0.1, 0.15) is 19.0 Å². The molecule has 0 radical (unpaired) electrons. The summed E-state index contributed by atoms with van der Waals surface area (Å²) in [5.74, 6) is 0. The van der Waals surface area contributed by atoms with Crippen LogP contribution in [0.15, 0.2) is 16.5 Å². The van der Waals surface area contributed by atoms with Crippen LogP contribution < -0.4 is 0 Å². The third-order valence-electron chi connectivity index (χ3n) is 1.34. The molecule has 0 saturated heterocycles. The van der Waals surface area contributed by atoms with Crippen molar-refractivity contribution < 1.29 is 4.79 Å². The number of hydrogen-bond acceptors (Lipinski definition) is 3. The van der Waals surface area contributed by atoms with Crippen molar-refractivity contribution in [1.82, 2.24) is 4.98 Å². The monoisotopic (exact) mass is 167 g/mol. The minimum Gasteiger partial charge on any atom is -0.298 e. The van der Waals surface area contributed by atoms with E-state index >= 15 is 0 Å². The van der Waals surface area contributed by atoms with E-state index in [1.54, 1.807) is 5.51 Å². The molecule has 2 nitrogen and oxygen atoms in total. The minimum absolute atomic E-state index is 0.765. The van der Waals surface area contributed by atoms with Gasteiger partial charge in [0.05, 0.1) is 11.2 Å². The average molecular weight is 167 g/mol. The van der Waals surface area contributed by atoms with Gasteiger partial charge in [0.25, 0.3) is 0 Å². The Morgan fingerprint density at radius 1 is 1.82 bits per heavy atom. The maximum Gasteiger partial charge on any atom is 0.146 e. The van der Waals surface area contributed by atoms with Crippen LogP contribution in [0.3, 0.4) is 0 Å². The predicted octanol–water partition coefficient (Wildman–Crippen LogP) is 2.14. The van der Waals surface area contributed by atoms with E-state index in [2.05, 4.69) is 4.98 Å². The number of carbonyl (C=O) groups excluding carboxylic acids is 1. The molecule has 0 aliphatic heterocycles. The van der Waals surface area contributed by atoms with Crippen LogP contribution in [-0.4, -0.2) is 11.3 Å². The van der Waals surface area contributed by atoms with Crippen molar-refractivity contribution in [2.45, 2.75) is 13.3 Å². The van der Waals surface area contributed by atoms with E-state index in [-0.39, 0.29) is 0 Å². The summed E-state index contributed by atoms with van der Waals surface area (Å²) < 4.78 is 0. The molecule has 1 heterocycles. The molecule has 0 aliphatic carbocycles. The Balaban J connectivity index is 2.79. The number of hydrogen-bond donors (Lipinski definition) is 0. The molecule has 58 valence electrons. The number of aromatic nitrogens is 1. The minimum atomic E-state index is 0.765. The maximum absolute atomic E-state index is 10.4. The van der Waals surface area contributed by atoms with Crippen LogP contribution in [0.2, 0.25) is 0 Å². The summed E-state index contributed by atoms with van der Waals surface area (Å²) >= 11 is 1.53. The molecule has 0 bridgehead atoms. The summed E-state index contributed by atoms with van der Waals surface area (Å²) in [7, 11) is 0. The Labute approximate surface area is 69.6 Å². The van der Waals surface area contributed by atoms with E-state index in [1.807, 2.05) is 18.4 Å². The molecule has 0 amide bonds. The van der Waals surface area contributed by atoms with Crippen LogP contribution in [0.25, 0.3) is 6.08 Å². The standard InChI is InChI=1S/C8H9NOS/c1-2-7(4-10)3-8-5-11-6-9-8/h3-6H,2H2,1H3. The Kier molecular flexibility index (Phi) is 2.98. The van der Waals surface area contributed by atoms with Gasteiger partial charge in [-0.15, -0.1) is 11.3 Å². The third-order valence-corrected chi connectivity index (χ3v) is 1.95. The topological polar surface area (TPSA) is 30.0 Å². The second-order valence-electron chi connectivity index (χ2n) is 2.10. The van der Waals surface area contributed by atoms with Crippen LogP contribution in [-0.2, 0) is 4.79 Å². The highest BCUT2D eigenvalue weighted by molar-refractivity contribution is 7.07. The fourth-order valence-corrected chi connectivity index (χ4v) is 1.21. The van der Waals surface area contributed by atoms with Gasteiger partial charge in [-0.2, -0.15) is 0 Å². The highest BCUT2D eigenvalue weighted by Gasteiger charge is 1.93. The Bertz CT molecular complexity index is 251. The van der Waals surface area contributed by atoms with Crippen molar-refractivity contribution in [3.63, 3.8) is 0 Å². The Morgan fingerprint density at radius 3 is 3.09 bits per heavy atom. The summed E-state index contributed by atoms with van der Waals surface area (Å²) in [4.78, 5) is 14.4. The first-order valence-corrected chi connectivity index (χ1v) is 4.35. The van der Waals surface area contributed by atoms with Gasteiger partial charge in [-0.05, 0) is 18.1 Å². The highest BCUT2D eigenvalue weighted by Crippen LogP contribution is 2.07. The van der Waals surface area contributed by atoms with Crippen LogP contribution >= 0.6 is 11.3 Å². The molecule has 0 saturated carbocycles. The Morgan fingerprint density at radius 2 is 2.64 bits per heavy atom. The predicted molar refractivity (Wildman–Crippen MR) is 46.4 cm³/mol. The summed E-state index contributed by atoms with van der Waals surface area (Å²) in [6.45, 7) is 1.95. The van der Waals surface area contributed by atoms with Crippen molar-refractivity contribution in [3.05, 3.63) is 22.2 Å².